The molecule has 0 saturated carbocycles. The van der Waals surface area contributed by atoms with Gasteiger partial charge in [0, 0.05) is 12.6 Å². The lowest BCUT2D eigenvalue weighted by Gasteiger charge is -2.14. The normalized spacial score (nSPS) is 10.6. The van der Waals surface area contributed by atoms with Crippen LogP contribution in [0.15, 0.2) is 42.5 Å². The van der Waals surface area contributed by atoms with Crippen molar-refractivity contribution < 1.29 is 14.6 Å². The second-order valence-corrected chi connectivity index (χ2v) is 5.95. The fraction of sp³-hybridized carbons (Fsp3) is 0.300. The molecule has 0 aliphatic heterocycles. The first-order valence-corrected chi connectivity index (χ1v) is 9.11. The molecular formula is C20H26N3O2S+. The highest BCUT2D eigenvalue weighted by molar-refractivity contribution is 7.80. The third kappa shape index (κ3) is 5.74. The van der Waals surface area contributed by atoms with Crippen LogP contribution in [0.3, 0.4) is 0 Å². The zero-order valence-corrected chi connectivity index (χ0v) is 16.3. The van der Waals surface area contributed by atoms with Crippen molar-refractivity contribution in [2.24, 2.45) is 0 Å². The average molecular weight is 373 g/mol. The summed E-state index contributed by atoms with van der Waals surface area (Å²) in [5, 5.41) is 6.28. The molecular weight excluding hydrogens is 346 g/mol. The first-order valence-electron chi connectivity index (χ1n) is 8.70. The summed E-state index contributed by atoms with van der Waals surface area (Å²) in [6.07, 6.45) is 2.79. The highest BCUT2D eigenvalue weighted by atomic mass is 32.1. The average Bonchev–Trinajstić information content (AvgIpc) is 2.67. The summed E-state index contributed by atoms with van der Waals surface area (Å²) < 4.78 is 11.8. The number of hydrazine groups is 1. The molecule has 0 radical (unpaired) electrons. The van der Waals surface area contributed by atoms with Crippen LogP contribution in [0.1, 0.15) is 30.5 Å². The van der Waals surface area contributed by atoms with Crippen molar-refractivity contribution in [2.45, 2.75) is 26.9 Å². The molecule has 0 spiro atoms. The molecule has 2 rings (SSSR count). The molecule has 0 atom stereocenters. The maximum atomic E-state index is 6.03. The molecule has 2 aromatic carbocycles. The Morgan fingerprint density at radius 1 is 1.08 bits per heavy atom. The van der Waals surface area contributed by atoms with Crippen molar-refractivity contribution in [1.29, 1.82) is 0 Å². The Kier molecular flexibility index (Phi) is 7.89. The lowest BCUT2D eigenvalue weighted by molar-refractivity contribution is -0.500. The van der Waals surface area contributed by atoms with Gasteiger partial charge in [0.25, 0.3) is 0 Å². The predicted octanol–water partition coefficient (Wildman–Crippen LogP) is 1.74. The number of hydrogen-bond donors (Lipinski definition) is 3. The summed E-state index contributed by atoms with van der Waals surface area (Å²) in [6, 6.07) is 14.1. The molecule has 26 heavy (non-hydrogen) atoms. The number of ether oxygens (including phenoxy) is 2. The number of hydrazone groups is 1. The molecule has 0 aromatic heterocycles. The van der Waals surface area contributed by atoms with Crippen molar-refractivity contribution in [3.05, 3.63) is 59.2 Å². The second-order valence-electron chi connectivity index (χ2n) is 5.54. The Balaban J connectivity index is 2.11. The topological polar surface area (TPSA) is 56.5 Å². The summed E-state index contributed by atoms with van der Waals surface area (Å²) in [6.45, 7) is 5.19. The Morgan fingerprint density at radius 3 is 2.54 bits per heavy atom. The van der Waals surface area contributed by atoms with Crippen LogP contribution < -0.4 is 25.3 Å². The summed E-state index contributed by atoms with van der Waals surface area (Å²) in [4.78, 5) is 0. The summed E-state index contributed by atoms with van der Waals surface area (Å²) in [5.41, 5.74) is 6.29. The molecule has 0 aliphatic carbocycles. The van der Waals surface area contributed by atoms with Gasteiger partial charge >= 0.3 is 0 Å². The zero-order valence-electron chi connectivity index (χ0n) is 15.5. The van der Waals surface area contributed by atoms with E-state index in [0.29, 0.717) is 24.1 Å². The van der Waals surface area contributed by atoms with Crippen molar-refractivity contribution in [3.8, 4) is 11.5 Å². The van der Waals surface area contributed by atoms with Gasteiger partial charge in [-0.3, -0.25) is 0 Å². The Hall–Kier alpha value is -2.60. The van der Waals surface area contributed by atoms with Crippen LogP contribution in [-0.2, 0) is 13.0 Å². The molecule has 0 bridgehead atoms. The molecule has 0 unspecified atom stereocenters. The number of nitrogens with one attached hydrogen (secondary N) is 3. The fourth-order valence-electron chi connectivity index (χ4n) is 2.45. The predicted molar refractivity (Wildman–Crippen MR) is 109 cm³/mol. The third-order valence-electron chi connectivity index (χ3n) is 3.80. The zero-order chi connectivity index (χ0) is 18.8. The number of aryl methyl sites for hydroxylation is 1. The minimum atomic E-state index is 0.515. The molecule has 0 saturated heterocycles. The summed E-state index contributed by atoms with van der Waals surface area (Å²) >= 11 is 5.01. The Bertz CT molecular complexity index is 762. The van der Waals surface area contributed by atoms with Gasteiger partial charge in [-0.25, -0.2) is 0 Å². The van der Waals surface area contributed by atoms with Gasteiger partial charge in [-0.1, -0.05) is 31.2 Å². The van der Waals surface area contributed by atoms with Crippen LogP contribution in [0.2, 0.25) is 0 Å². The highest BCUT2D eigenvalue weighted by Crippen LogP contribution is 2.29. The van der Waals surface area contributed by atoms with Crippen LogP contribution >= 0.6 is 12.2 Å². The van der Waals surface area contributed by atoms with E-state index >= 15 is 0 Å². The maximum absolute atomic E-state index is 6.03. The van der Waals surface area contributed by atoms with Crippen molar-refractivity contribution in [3.63, 3.8) is 0 Å². The van der Waals surface area contributed by atoms with Gasteiger partial charge in [0.1, 0.15) is 6.61 Å². The molecule has 0 heterocycles. The molecule has 0 aliphatic rings. The Labute approximate surface area is 160 Å². The molecule has 0 fully saturated rings. The minimum absolute atomic E-state index is 0.515. The molecule has 2 aromatic rings. The number of thiocarbonyl (C=S) groups is 1. The second kappa shape index (κ2) is 10.4. The minimum Gasteiger partial charge on any atom is -0.490 e. The number of benzene rings is 2. The monoisotopic (exact) mass is 372 g/mol. The van der Waals surface area contributed by atoms with E-state index in [4.69, 9.17) is 21.7 Å². The van der Waals surface area contributed by atoms with Crippen LogP contribution in [0.4, 0.5) is 0 Å². The van der Waals surface area contributed by atoms with Gasteiger partial charge in [-0.15, -0.1) is 10.5 Å². The molecule has 6 heteroatoms. The third-order valence-corrected chi connectivity index (χ3v) is 4.11. The fourth-order valence-corrected chi connectivity index (χ4v) is 2.51. The largest absolute Gasteiger partial charge is 0.490 e. The quantitative estimate of drug-likeness (QED) is 0.374. The van der Waals surface area contributed by atoms with E-state index in [-0.39, 0.29) is 0 Å². The van der Waals surface area contributed by atoms with E-state index in [1.54, 1.807) is 7.05 Å². The standard InChI is InChI=1S/C20H25N3O2S/c1-4-16-8-6-7-9-17(16)14-25-18-11-10-15(12-19(18)24-5-2)13-22-23-20(26)21-3/h6-13H,4-5,14H2,1-3H3,(H2,21,23,26)/p+1. The van der Waals surface area contributed by atoms with Gasteiger partial charge in [0.2, 0.25) is 5.11 Å². The van der Waals surface area contributed by atoms with Gasteiger partial charge in [0.15, 0.2) is 17.7 Å². The molecule has 3 N–H and O–H groups in total. The van der Waals surface area contributed by atoms with Gasteiger partial charge < -0.3 is 14.8 Å². The van der Waals surface area contributed by atoms with Gasteiger partial charge in [0.05, 0.1) is 6.61 Å². The Morgan fingerprint density at radius 2 is 1.85 bits per heavy atom. The molecule has 0 amide bonds. The van der Waals surface area contributed by atoms with Crippen LogP contribution in [0.25, 0.3) is 0 Å². The summed E-state index contributed by atoms with van der Waals surface area (Å²) in [5.74, 6) is 1.45. The maximum Gasteiger partial charge on any atom is 0.223 e. The summed E-state index contributed by atoms with van der Waals surface area (Å²) in [7, 11) is 1.76. The van der Waals surface area contributed by atoms with Gasteiger partial charge in [-0.2, -0.15) is 0 Å². The van der Waals surface area contributed by atoms with Crippen molar-refractivity contribution >= 4 is 23.5 Å². The number of hydrogen-bond acceptors (Lipinski definition) is 3. The van der Waals surface area contributed by atoms with Gasteiger partial charge in [-0.05, 0) is 54.9 Å². The lowest BCUT2D eigenvalue weighted by atomic mass is 10.1. The smallest absolute Gasteiger partial charge is 0.223 e. The van der Waals surface area contributed by atoms with Crippen LogP contribution in [0, 0.1) is 0 Å². The van der Waals surface area contributed by atoms with E-state index in [0.717, 1.165) is 17.7 Å². The van der Waals surface area contributed by atoms with Crippen LogP contribution in [-0.4, -0.2) is 25.0 Å². The molecule has 138 valence electrons. The SMILES string of the molecule is CCOc1cc(C=[NH+]NC(=S)NC)ccc1OCc1ccccc1CC. The van der Waals surface area contributed by atoms with Crippen molar-refractivity contribution in [2.75, 3.05) is 13.7 Å². The first-order chi connectivity index (χ1) is 12.7. The number of rotatable bonds is 8. The van der Waals surface area contributed by atoms with E-state index in [9.17, 15) is 0 Å². The van der Waals surface area contributed by atoms with E-state index in [2.05, 4.69) is 41.0 Å². The molecule has 5 nitrogen and oxygen atoms in total. The van der Waals surface area contributed by atoms with Crippen molar-refractivity contribution in [1.82, 2.24) is 10.7 Å². The van der Waals surface area contributed by atoms with E-state index in [1.165, 1.54) is 11.1 Å². The highest BCUT2D eigenvalue weighted by Gasteiger charge is 2.09. The van der Waals surface area contributed by atoms with E-state index in [1.807, 2.05) is 37.4 Å². The first kappa shape index (κ1) is 19.7. The lowest BCUT2D eigenvalue weighted by Crippen LogP contribution is -2.82. The van der Waals surface area contributed by atoms with Crippen LogP contribution in [0.5, 0.6) is 11.5 Å². The van der Waals surface area contributed by atoms with E-state index < -0.39 is 0 Å².